The molecular formula is C25H26FN3O4S. The monoisotopic (exact) mass is 483 g/mol. The van der Waals surface area contributed by atoms with Crippen LogP contribution < -0.4 is 14.9 Å². The van der Waals surface area contributed by atoms with Gasteiger partial charge in [-0.1, -0.05) is 49.4 Å². The molecule has 2 amide bonds. The first kappa shape index (κ1) is 24.9. The van der Waals surface area contributed by atoms with Crippen molar-refractivity contribution in [1.82, 2.24) is 5.32 Å². The molecule has 9 heteroatoms. The molecular weight excluding hydrogens is 457 g/mol. The van der Waals surface area contributed by atoms with Gasteiger partial charge in [-0.25, -0.2) is 12.8 Å². The number of rotatable bonds is 9. The van der Waals surface area contributed by atoms with Gasteiger partial charge in [-0.2, -0.15) is 0 Å². The van der Waals surface area contributed by atoms with Crippen LogP contribution in [0.2, 0.25) is 0 Å². The standard InChI is InChI=1S/C25H26FN3O4S/c1-3-18(2)27-25(31)20-13-7-9-15-22(20)28-24(30)17-29(23-16-10-8-14-21(23)26)34(32,33)19-11-5-4-6-12-19/h4-16,18H,3,17H2,1-2H3,(H,27,31)(H,28,30)/t18-/m0/s1. The average Bonchev–Trinajstić information content (AvgIpc) is 2.83. The molecule has 0 bridgehead atoms. The van der Waals surface area contributed by atoms with Crippen molar-refractivity contribution in [3.05, 3.63) is 90.2 Å². The van der Waals surface area contributed by atoms with Crippen molar-refractivity contribution in [3.63, 3.8) is 0 Å². The van der Waals surface area contributed by atoms with E-state index in [-0.39, 0.29) is 33.8 Å². The van der Waals surface area contributed by atoms with Crippen LogP contribution in [0.3, 0.4) is 0 Å². The lowest BCUT2D eigenvalue weighted by molar-refractivity contribution is -0.114. The molecule has 3 aromatic carbocycles. The molecule has 0 saturated carbocycles. The van der Waals surface area contributed by atoms with Gasteiger partial charge < -0.3 is 10.6 Å². The summed E-state index contributed by atoms with van der Waals surface area (Å²) in [5, 5.41) is 5.43. The molecule has 0 aliphatic rings. The van der Waals surface area contributed by atoms with Gasteiger partial charge in [0.25, 0.3) is 15.9 Å². The number of carbonyl (C=O) groups excluding carboxylic acids is 2. The Labute approximate surface area is 198 Å². The molecule has 3 rings (SSSR count). The lowest BCUT2D eigenvalue weighted by Crippen LogP contribution is -2.39. The van der Waals surface area contributed by atoms with Crippen LogP contribution >= 0.6 is 0 Å². The van der Waals surface area contributed by atoms with Gasteiger partial charge in [0, 0.05) is 6.04 Å². The lowest BCUT2D eigenvalue weighted by Gasteiger charge is -2.24. The number of para-hydroxylation sites is 2. The summed E-state index contributed by atoms with van der Waals surface area (Å²) in [6, 6.07) is 19.1. The normalized spacial score (nSPS) is 12.0. The molecule has 0 aliphatic carbocycles. The summed E-state index contributed by atoms with van der Waals surface area (Å²) in [7, 11) is -4.26. The van der Waals surface area contributed by atoms with Crippen LogP contribution in [0.25, 0.3) is 0 Å². The Balaban J connectivity index is 1.91. The van der Waals surface area contributed by atoms with E-state index >= 15 is 0 Å². The van der Waals surface area contributed by atoms with E-state index in [2.05, 4.69) is 10.6 Å². The van der Waals surface area contributed by atoms with Crippen LogP contribution in [0.5, 0.6) is 0 Å². The summed E-state index contributed by atoms with van der Waals surface area (Å²) in [5.74, 6) is -1.89. The van der Waals surface area contributed by atoms with Crippen molar-refractivity contribution in [2.24, 2.45) is 0 Å². The Kier molecular flexibility index (Phi) is 8.01. The highest BCUT2D eigenvalue weighted by Gasteiger charge is 2.29. The number of benzene rings is 3. The van der Waals surface area contributed by atoms with E-state index in [1.807, 2.05) is 13.8 Å². The SMILES string of the molecule is CC[C@H](C)NC(=O)c1ccccc1NC(=O)CN(c1ccccc1F)S(=O)(=O)c1ccccc1. The zero-order valence-electron chi connectivity index (χ0n) is 18.9. The van der Waals surface area contributed by atoms with E-state index in [1.165, 1.54) is 30.3 Å². The Morgan fingerprint density at radius 1 is 0.941 bits per heavy atom. The van der Waals surface area contributed by atoms with Crippen LogP contribution in [0.1, 0.15) is 30.6 Å². The van der Waals surface area contributed by atoms with Crippen molar-refractivity contribution in [2.45, 2.75) is 31.2 Å². The Hall–Kier alpha value is -3.72. The Morgan fingerprint density at radius 2 is 1.56 bits per heavy atom. The van der Waals surface area contributed by atoms with Crippen LogP contribution in [0.4, 0.5) is 15.8 Å². The summed E-state index contributed by atoms with van der Waals surface area (Å²) in [4.78, 5) is 25.5. The van der Waals surface area contributed by atoms with Crippen molar-refractivity contribution >= 4 is 33.2 Å². The predicted molar refractivity (Wildman–Crippen MR) is 130 cm³/mol. The fraction of sp³-hybridized carbons (Fsp3) is 0.200. The molecule has 0 saturated heterocycles. The molecule has 0 aliphatic heterocycles. The van der Waals surface area contributed by atoms with Gasteiger partial charge >= 0.3 is 0 Å². The zero-order chi connectivity index (χ0) is 24.7. The zero-order valence-corrected chi connectivity index (χ0v) is 19.7. The van der Waals surface area contributed by atoms with Gasteiger partial charge in [0.1, 0.15) is 12.4 Å². The van der Waals surface area contributed by atoms with Crippen LogP contribution in [0.15, 0.2) is 83.8 Å². The molecule has 0 heterocycles. The third-order valence-electron chi connectivity index (χ3n) is 5.18. The van der Waals surface area contributed by atoms with Crippen molar-refractivity contribution in [1.29, 1.82) is 0 Å². The highest BCUT2D eigenvalue weighted by Crippen LogP contribution is 2.26. The fourth-order valence-electron chi connectivity index (χ4n) is 3.19. The van der Waals surface area contributed by atoms with E-state index in [1.54, 1.807) is 42.5 Å². The van der Waals surface area contributed by atoms with Gasteiger partial charge in [-0.05, 0) is 49.7 Å². The molecule has 0 spiro atoms. The summed E-state index contributed by atoms with van der Waals surface area (Å²) in [5.41, 5.74) is 0.197. The van der Waals surface area contributed by atoms with Crippen molar-refractivity contribution < 1.29 is 22.4 Å². The second-order valence-electron chi connectivity index (χ2n) is 7.65. The third-order valence-corrected chi connectivity index (χ3v) is 6.95. The number of hydrogen-bond donors (Lipinski definition) is 2. The summed E-state index contributed by atoms with van der Waals surface area (Å²) >= 11 is 0. The molecule has 3 aromatic rings. The smallest absolute Gasteiger partial charge is 0.264 e. The summed E-state index contributed by atoms with van der Waals surface area (Å²) in [6.07, 6.45) is 0.731. The van der Waals surface area contributed by atoms with E-state index < -0.39 is 28.3 Å². The Bertz CT molecular complexity index is 1270. The van der Waals surface area contributed by atoms with Gasteiger partial charge in [-0.15, -0.1) is 0 Å². The molecule has 0 aromatic heterocycles. The van der Waals surface area contributed by atoms with E-state index in [0.717, 1.165) is 16.8 Å². The van der Waals surface area contributed by atoms with Crippen LogP contribution in [-0.2, 0) is 14.8 Å². The number of halogens is 1. The number of nitrogens with one attached hydrogen (secondary N) is 2. The van der Waals surface area contributed by atoms with E-state index in [9.17, 15) is 22.4 Å². The highest BCUT2D eigenvalue weighted by molar-refractivity contribution is 7.92. The van der Waals surface area contributed by atoms with Crippen molar-refractivity contribution in [2.75, 3.05) is 16.2 Å². The van der Waals surface area contributed by atoms with E-state index in [4.69, 9.17) is 0 Å². The number of sulfonamides is 1. The molecule has 7 nitrogen and oxygen atoms in total. The third kappa shape index (κ3) is 5.79. The predicted octanol–water partition coefficient (Wildman–Crippen LogP) is 4.19. The number of hydrogen-bond acceptors (Lipinski definition) is 4. The largest absolute Gasteiger partial charge is 0.350 e. The molecule has 2 N–H and O–H groups in total. The maximum Gasteiger partial charge on any atom is 0.264 e. The second kappa shape index (κ2) is 10.9. The minimum absolute atomic E-state index is 0.0659. The molecule has 0 radical (unpaired) electrons. The lowest BCUT2D eigenvalue weighted by atomic mass is 10.1. The highest BCUT2D eigenvalue weighted by atomic mass is 32.2. The number of amides is 2. The van der Waals surface area contributed by atoms with Crippen LogP contribution in [-0.4, -0.2) is 32.8 Å². The van der Waals surface area contributed by atoms with E-state index in [0.29, 0.717) is 0 Å². The van der Waals surface area contributed by atoms with Gasteiger partial charge in [-0.3, -0.25) is 13.9 Å². The molecule has 0 unspecified atom stereocenters. The number of nitrogens with zero attached hydrogens (tertiary/aromatic N) is 1. The fourth-order valence-corrected chi connectivity index (χ4v) is 4.64. The second-order valence-corrected chi connectivity index (χ2v) is 9.51. The minimum atomic E-state index is -4.26. The van der Waals surface area contributed by atoms with Gasteiger partial charge in [0.05, 0.1) is 21.8 Å². The maximum absolute atomic E-state index is 14.6. The maximum atomic E-state index is 14.6. The first-order valence-corrected chi connectivity index (χ1v) is 12.2. The minimum Gasteiger partial charge on any atom is -0.350 e. The Morgan fingerprint density at radius 3 is 2.24 bits per heavy atom. The number of carbonyl (C=O) groups is 2. The van der Waals surface area contributed by atoms with Gasteiger partial charge in [0.15, 0.2) is 0 Å². The van der Waals surface area contributed by atoms with Crippen LogP contribution in [0, 0.1) is 5.82 Å². The summed E-state index contributed by atoms with van der Waals surface area (Å²) in [6.45, 7) is 3.10. The average molecular weight is 484 g/mol. The first-order valence-electron chi connectivity index (χ1n) is 10.8. The molecule has 178 valence electrons. The molecule has 0 fully saturated rings. The quantitative estimate of drug-likeness (QED) is 0.477. The molecule has 1 atom stereocenters. The first-order chi connectivity index (χ1) is 16.2. The van der Waals surface area contributed by atoms with Gasteiger partial charge in [0.2, 0.25) is 5.91 Å². The topological polar surface area (TPSA) is 95.6 Å². The number of anilines is 2. The summed E-state index contributed by atoms with van der Waals surface area (Å²) < 4.78 is 41.9. The molecule has 34 heavy (non-hydrogen) atoms. The van der Waals surface area contributed by atoms with Crippen molar-refractivity contribution in [3.8, 4) is 0 Å².